The molecular formula is C16H23NO2. The third-order valence-electron chi connectivity index (χ3n) is 3.88. The normalized spacial score (nSPS) is 20.1. The number of aliphatic hydroxyl groups is 1. The van der Waals surface area contributed by atoms with Gasteiger partial charge < -0.3 is 10.0 Å². The molecule has 19 heavy (non-hydrogen) atoms. The lowest BCUT2D eigenvalue weighted by atomic mass is 10.1. The van der Waals surface area contributed by atoms with Crippen molar-refractivity contribution in [2.45, 2.75) is 45.1 Å². The van der Waals surface area contributed by atoms with E-state index in [1.54, 1.807) is 0 Å². The number of hydrogen-bond donors (Lipinski definition) is 1. The maximum absolute atomic E-state index is 12.4. The SMILES string of the molecule is Cc1ccc(CC(=O)N2CCCCCC2CO)cc1. The standard InChI is InChI=1S/C16H23NO2/c1-13-6-8-14(9-7-13)11-16(19)17-10-4-2-3-5-15(17)12-18/h6-9,15,18H,2-5,10-12H2,1H3. The summed E-state index contributed by atoms with van der Waals surface area (Å²) in [6, 6.07) is 8.11. The number of hydrogen-bond acceptors (Lipinski definition) is 2. The summed E-state index contributed by atoms with van der Waals surface area (Å²) >= 11 is 0. The molecule has 0 aromatic heterocycles. The highest BCUT2D eigenvalue weighted by Gasteiger charge is 2.24. The van der Waals surface area contributed by atoms with Crippen LogP contribution in [0.2, 0.25) is 0 Å². The molecule has 0 saturated carbocycles. The molecule has 1 amide bonds. The van der Waals surface area contributed by atoms with Crippen LogP contribution in [0, 0.1) is 6.92 Å². The second kappa shape index (κ2) is 6.71. The van der Waals surface area contributed by atoms with Crippen molar-refractivity contribution in [2.24, 2.45) is 0 Å². The van der Waals surface area contributed by atoms with Crippen LogP contribution in [0.1, 0.15) is 36.8 Å². The van der Waals surface area contributed by atoms with E-state index in [9.17, 15) is 9.90 Å². The first-order chi connectivity index (χ1) is 9.20. The van der Waals surface area contributed by atoms with Gasteiger partial charge in [-0.2, -0.15) is 0 Å². The van der Waals surface area contributed by atoms with Gasteiger partial charge in [0.15, 0.2) is 0 Å². The molecule has 0 spiro atoms. The summed E-state index contributed by atoms with van der Waals surface area (Å²) in [5.74, 6) is 0.143. The summed E-state index contributed by atoms with van der Waals surface area (Å²) in [5.41, 5.74) is 2.26. The Morgan fingerprint density at radius 3 is 2.68 bits per heavy atom. The minimum Gasteiger partial charge on any atom is -0.394 e. The van der Waals surface area contributed by atoms with Gasteiger partial charge >= 0.3 is 0 Å². The molecule has 0 radical (unpaired) electrons. The molecule has 1 aliphatic rings. The van der Waals surface area contributed by atoms with Gasteiger partial charge in [0, 0.05) is 6.54 Å². The van der Waals surface area contributed by atoms with Gasteiger partial charge in [-0.05, 0) is 25.3 Å². The molecule has 1 atom stereocenters. The Morgan fingerprint density at radius 2 is 2.00 bits per heavy atom. The van der Waals surface area contributed by atoms with Gasteiger partial charge in [0.25, 0.3) is 0 Å². The van der Waals surface area contributed by atoms with Crippen molar-refractivity contribution < 1.29 is 9.90 Å². The lowest BCUT2D eigenvalue weighted by Crippen LogP contribution is -2.42. The smallest absolute Gasteiger partial charge is 0.227 e. The second-order valence-electron chi connectivity index (χ2n) is 5.44. The molecule has 104 valence electrons. The number of nitrogens with zero attached hydrogens (tertiary/aromatic N) is 1. The predicted octanol–water partition coefficient (Wildman–Crippen LogP) is 2.30. The summed E-state index contributed by atoms with van der Waals surface area (Å²) in [6.45, 7) is 2.91. The number of likely N-dealkylation sites (tertiary alicyclic amines) is 1. The largest absolute Gasteiger partial charge is 0.394 e. The molecule has 1 unspecified atom stereocenters. The third-order valence-corrected chi connectivity index (χ3v) is 3.88. The van der Waals surface area contributed by atoms with Crippen molar-refractivity contribution >= 4 is 5.91 Å². The van der Waals surface area contributed by atoms with E-state index >= 15 is 0 Å². The van der Waals surface area contributed by atoms with Crippen LogP contribution in [0.15, 0.2) is 24.3 Å². The number of carbonyl (C=O) groups is 1. The van der Waals surface area contributed by atoms with Crippen molar-refractivity contribution in [3.05, 3.63) is 35.4 Å². The quantitative estimate of drug-likeness (QED) is 0.907. The van der Waals surface area contributed by atoms with Gasteiger partial charge in [-0.3, -0.25) is 4.79 Å². The fourth-order valence-electron chi connectivity index (χ4n) is 2.68. The van der Waals surface area contributed by atoms with Crippen molar-refractivity contribution in [3.8, 4) is 0 Å². The Kier molecular flexibility index (Phi) is 4.97. The van der Waals surface area contributed by atoms with Crippen molar-refractivity contribution in [1.82, 2.24) is 4.90 Å². The van der Waals surface area contributed by atoms with Gasteiger partial charge in [-0.25, -0.2) is 0 Å². The van der Waals surface area contributed by atoms with Crippen LogP contribution in [0.5, 0.6) is 0 Å². The van der Waals surface area contributed by atoms with E-state index in [2.05, 4.69) is 0 Å². The number of rotatable bonds is 3. The average molecular weight is 261 g/mol. The molecule has 1 aliphatic heterocycles. The van der Waals surface area contributed by atoms with Crippen LogP contribution >= 0.6 is 0 Å². The Labute approximate surface area is 115 Å². The molecule has 2 rings (SSSR count). The molecule has 1 N–H and O–H groups in total. The maximum atomic E-state index is 12.4. The molecular weight excluding hydrogens is 238 g/mol. The molecule has 3 nitrogen and oxygen atoms in total. The minimum atomic E-state index is 0.0143. The highest BCUT2D eigenvalue weighted by molar-refractivity contribution is 5.79. The number of benzene rings is 1. The molecule has 1 saturated heterocycles. The highest BCUT2D eigenvalue weighted by atomic mass is 16.3. The molecule has 1 aromatic carbocycles. The summed E-state index contributed by atoms with van der Waals surface area (Å²) < 4.78 is 0. The Hall–Kier alpha value is -1.35. The van der Waals surface area contributed by atoms with Gasteiger partial charge in [-0.15, -0.1) is 0 Å². The van der Waals surface area contributed by atoms with Crippen LogP contribution < -0.4 is 0 Å². The van der Waals surface area contributed by atoms with E-state index in [-0.39, 0.29) is 18.6 Å². The molecule has 1 fully saturated rings. The van der Waals surface area contributed by atoms with Gasteiger partial charge in [0.1, 0.15) is 0 Å². The highest BCUT2D eigenvalue weighted by Crippen LogP contribution is 2.18. The first-order valence-corrected chi connectivity index (χ1v) is 7.16. The first kappa shape index (κ1) is 14.1. The second-order valence-corrected chi connectivity index (χ2v) is 5.44. The van der Waals surface area contributed by atoms with Crippen molar-refractivity contribution in [3.63, 3.8) is 0 Å². The van der Waals surface area contributed by atoms with Gasteiger partial charge in [-0.1, -0.05) is 42.7 Å². The summed E-state index contributed by atoms with van der Waals surface area (Å²) in [6.07, 6.45) is 4.69. The fourth-order valence-corrected chi connectivity index (χ4v) is 2.68. The van der Waals surface area contributed by atoms with Crippen molar-refractivity contribution in [2.75, 3.05) is 13.2 Å². The topological polar surface area (TPSA) is 40.5 Å². The van der Waals surface area contributed by atoms with Crippen LogP contribution in [-0.2, 0) is 11.2 Å². The van der Waals surface area contributed by atoms with E-state index in [0.29, 0.717) is 6.42 Å². The first-order valence-electron chi connectivity index (χ1n) is 7.16. The number of amides is 1. The van der Waals surface area contributed by atoms with Crippen LogP contribution in [0.3, 0.4) is 0 Å². The van der Waals surface area contributed by atoms with Crippen LogP contribution in [0.4, 0.5) is 0 Å². The van der Waals surface area contributed by atoms with E-state index in [1.807, 2.05) is 36.1 Å². The van der Waals surface area contributed by atoms with E-state index in [0.717, 1.165) is 37.8 Å². The maximum Gasteiger partial charge on any atom is 0.227 e. The predicted molar refractivity (Wildman–Crippen MR) is 75.9 cm³/mol. The summed E-state index contributed by atoms with van der Waals surface area (Å²) in [5, 5.41) is 9.44. The third kappa shape index (κ3) is 3.80. The number of aryl methyl sites for hydroxylation is 1. The van der Waals surface area contributed by atoms with Gasteiger partial charge in [0.2, 0.25) is 5.91 Å². The van der Waals surface area contributed by atoms with E-state index < -0.39 is 0 Å². The van der Waals surface area contributed by atoms with Crippen LogP contribution in [0.25, 0.3) is 0 Å². The zero-order valence-electron chi connectivity index (χ0n) is 11.6. The zero-order valence-corrected chi connectivity index (χ0v) is 11.6. The number of aliphatic hydroxyl groups excluding tert-OH is 1. The van der Waals surface area contributed by atoms with Crippen LogP contribution in [-0.4, -0.2) is 35.1 Å². The molecule has 0 aliphatic carbocycles. The monoisotopic (exact) mass is 261 g/mol. The zero-order chi connectivity index (χ0) is 13.7. The van der Waals surface area contributed by atoms with E-state index in [4.69, 9.17) is 0 Å². The summed E-state index contributed by atoms with van der Waals surface area (Å²) in [4.78, 5) is 14.3. The Morgan fingerprint density at radius 1 is 1.26 bits per heavy atom. The number of carbonyl (C=O) groups excluding carboxylic acids is 1. The minimum absolute atomic E-state index is 0.0143. The summed E-state index contributed by atoms with van der Waals surface area (Å²) in [7, 11) is 0. The average Bonchev–Trinajstić information content (AvgIpc) is 2.66. The fraction of sp³-hybridized carbons (Fsp3) is 0.562. The molecule has 1 heterocycles. The lowest BCUT2D eigenvalue weighted by Gasteiger charge is -2.28. The van der Waals surface area contributed by atoms with Crippen molar-refractivity contribution in [1.29, 1.82) is 0 Å². The van der Waals surface area contributed by atoms with Gasteiger partial charge in [0.05, 0.1) is 19.1 Å². The Bertz CT molecular complexity index is 413. The molecule has 1 aromatic rings. The van der Waals surface area contributed by atoms with E-state index in [1.165, 1.54) is 5.56 Å². The molecule has 0 bridgehead atoms. The lowest BCUT2D eigenvalue weighted by molar-refractivity contribution is -0.133. The molecule has 3 heteroatoms. The Balaban J connectivity index is 2.02.